The van der Waals surface area contributed by atoms with E-state index in [1.807, 2.05) is 18.2 Å². The zero-order chi connectivity index (χ0) is 21.9. The second kappa shape index (κ2) is 8.51. The number of amides is 1. The van der Waals surface area contributed by atoms with Crippen molar-refractivity contribution in [1.29, 1.82) is 0 Å². The van der Waals surface area contributed by atoms with Crippen LogP contribution >= 0.6 is 0 Å². The Hall–Kier alpha value is -3.19. The average Bonchev–Trinajstić information content (AvgIpc) is 3.56. The molecule has 7 heteroatoms. The number of anilines is 1. The highest BCUT2D eigenvalue weighted by Gasteiger charge is 2.44. The van der Waals surface area contributed by atoms with E-state index in [0.29, 0.717) is 12.2 Å². The van der Waals surface area contributed by atoms with Crippen LogP contribution in [0.15, 0.2) is 83.8 Å². The van der Waals surface area contributed by atoms with E-state index in [0.717, 1.165) is 30.5 Å². The van der Waals surface area contributed by atoms with E-state index in [4.69, 9.17) is 0 Å². The van der Waals surface area contributed by atoms with Crippen molar-refractivity contribution in [3.05, 3.63) is 95.8 Å². The lowest BCUT2D eigenvalue weighted by Crippen LogP contribution is -2.33. The van der Waals surface area contributed by atoms with Gasteiger partial charge in [-0.2, -0.15) is 0 Å². The smallest absolute Gasteiger partial charge is 0.261 e. The number of sulfonamides is 1. The molecule has 160 valence electrons. The first-order valence-corrected chi connectivity index (χ1v) is 11.5. The Labute approximate surface area is 181 Å². The molecule has 0 bridgehead atoms. The predicted octanol–water partition coefficient (Wildman–Crippen LogP) is 4.02. The van der Waals surface area contributed by atoms with Gasteiger partial charge in [-0.15, -0.1) is 0 Å². The normalized spacial score (nSPS) is 14.6. The van der Waals surface area contributed by atoms with Crippen LogP contribution in [0.2, 0.25) is 0 Å². The quantitative estimate of drug-likeness (QED) is 0.558. The molecule has 0 atom stereocenters. The summed E-state index contributed by atoms with van der Waals surface area (Å²) in [5.74, 6) is -0.570. The van der Waals surface area contributed by atoms with Gasteiger partial charge in [0.15, 0.2) is 0 Å². The molecule has 0 unspecified atom stereocenters. The van der Waals surface area contributed by atoms with Crippen LogP contribution in [-0.4, -0.2) is 20.9 Å². The minimum Gasteiger partial charge on any atom is -0.355 e. The number of carbonyl (C=O) groups excluding carboxylic acids is 1. The minimum atomic E-state index is -3.81. The molecule has 1 aliphatic rings. The Morgan fingerprint density at radius 1 is 0.903 bits per heavy atom. The Balaban J connectivity index is 1.32. The molecule has 2 N–H and O–H groups in total. The van der Waals surface area contributed by atoms with Crippen molar-refractivity contribution in [2.75, 3.05) is 11.3 Å². The number of benzene rings is 3. The van der Waals surface area contributed by atoms with Gasteiger partial charge in [-0.25, -0.2) is 12.8 Å². The maximum Gasteiger partial charge on any atom is 0.261 e. The number of hydrogen-bond acceptors (Lipinski definition) is 3. The molecule has 4 rings (SSSR count). The van der Waals surface area contributed by atoms with E-state index < -0.39 is 15.8 Å². The summed E-state index contributed by atoms with van der Waals surface area (Å²) in [6.07, 6.45) is 2.36. The predicted molar refractivity (Wildman–Crippen MR) is 118 cm³/mol. The number of rotatable bonds is 8. The van der Waals surface area contributed by atoms with E-state index in [-0.39, 0.29) is 22.6 Å². The van der Waals surface area contributed by atoms with Crippen LogP contribution in [0.25, 0.3) is 0 Å². The third-order valence-electron chi connectivity index (χ3n) is 5.56. The molecule has 31 heavy (non-hydrogen) atoms. The first kappa shape index (κ1) is 21.1. The maximum absolute atomic E-state index is 13.0. The highest BCUT2D eigenvalue weighted by Crippen LogP contribution is 2.47. The van der Waals surface area contributed by atoms with Gasteiger partial charge in [-0.05, 0) is 60.4 Å². The standard InChI is InChI=1S/C24H23FN2O3S/c25-20-8-12-22(13-9-20)31(29,30)27-21-10-6-18(7-11-21)16-23(28)26-17-24(14-15-24)19-4-2-1-3-5-19/h1-13,27H,14-17H2,(H,26,28). The fourth-order valence-corrected chi connectivity index (χ4v) is 4.60. The summed E-state index contributed by atoms with van der Waals surface area (Å²) in [5, 5.41) is 3.03. The number of carbonyl (C=O) groups is 1. The van der Waals surface area contributed by atoms with E-state index >= 15 is 0 Å². The summed E-state index contributed by atoms with van der Waals surface area (Å²) >= 11 is 0. The SMILES string of the molecule is O=C(Cc1ccc(NS(=O)(=O)c2ccc(F)cc2)cc1)NCC1(c2ccccc2)CC1. The van der Waals surface area contributed by atoms with Crippen molar-refractivity contribution < 1.29 is 17.6 Å². The van der Waals surface area contributed by atoms with Gasteiger partial charge in [-0.3, -0.25) is 9.52 Å². The molecule has 0 aliphatic heterocycles. The lowest BCUT2D eigenvalue weighted by molar-refractivity contribution is -0.120. The van der Waals surface area contributed by atoms with Crippen molar-refractivity contribution in [3.63, 3.8) is 0 Å². The summed E-state index contributed by atoms with van der Waals surface area (Å²) in [7, 11) is -3.81. The molecule has 1 fully saturated rings. The molecule has 0 spiro atoms. The second-order valence-electron chi connectivity index (χ2n) is 7.86. The van der Waals surface area contributed by atoms with E-state index in [9.17, 15) is 17.6 Å². The topological polar surface area (TPSA) is 75.3 Å². The lowest BCUT2D eigenvalue weighted by atomic mass is 9.96. The summed E-state index contributed by atoms with van der Waals surface area (Å²) in [6, 6.07) is 21.5. The second-order valence-corrected chi connectivity index (χ2v) is 9.54. The minimum absolute atomic E-state index is 0.0234. The average molecular weight is 439 g/mol. The van der Waals surface area contributed by atoms with Crippen LogP contribution in [0.3, 0.4) is 0 Å². The van der Waals surface area contributed by atoms with Gasteiger partial charge in [0.05, 0.1) is 11.3 Å². The molecule has 0 heterocycles. The van der Waals surface area contributed by atoms with Gasteiger partial charge < -0.3 is 5.32 Å². The third kappa shape index (κ3) is 5.11. The lowest BCUT2D eigenvalue weighted by Gasteiger charge is -2.16. The van der Waals surface area contributed by atoms with Crippen molar-refractivity contribution in [3.8, 4) is 0 Å². The molecule has 0 saturated heterocycles. The van der Waals surface area contributed by atoms with Gasteiger partial charge in [0, 0.05) is 17.6 Å². The number of hydrogen-bond donors (Lipinski definition) is 2. The largest absolute Gasteiger partial charge is 0.355 e. The molecule has 3 aromatic rings. The zero-order valence-corrected chi connectivity index (χ0v) is 17.7. The molecule has 0 radical (unpaired) electrons. The van der Waals surface area contributed by atoms with Gasteiger partial charge in [0.25, 0.3) is 10.0 Å². The Bertz CT molecular complexity index is 1160. The van der Waals surface area contributed by atoms with Gasteiger partial charge in [0.1, 0.15) is 5.82 Å². The fourth-order valence-electron chi connectivity index (χ4n) is 3.54. The highest BCUT2D eigenvalue weighted by molar-refractivity contribution is 7.92. The molecule has 5 nitrogen and oxygen atoms in total. The Morgan fingerprint density at radius 3 is 2.16 bits per heavy atom. The molecule has 1 amide bonds. The van der Waals surface area contributed by atoms with Crippen molar-refractivity contribution in [2.45, 2.75) is 29.6 Å². The molecule has 0 aromatic heterocycles. The van der Waals surface area contributed by atoms with Crippen LogP contribution in [0.1, 0.15) is 24.0 Å². The number of nitrogens with one attached hydrogen (secondary N) is 2. The van der Waals surface area contributed by atoms with Gasteiger partial charge in [-0.1, -0.05) is 42.5 Å². The summed E-state index contributed by atoms with van der Waals surface area (Å²) in [6.45, 7) is 0.616. The van der Waals surface area contributed by atoms with Crippen molar-refractivity contribution in [1.82, 2.24) is 5.32 Å². The summed E-state index contributed by atoms with van der Waals surface area (Å²) in [5.41, 5.74) is 2.47. The van der Waals surface area contributed by atoms with Crippen LogP contribution < -0.4 is 10.0 Å². The first-order chi connectivity index (χ1) is 14.9. The van der Waals surface area contributed by atoms with E-state index in [1.165, 1.54) is 17.7 Å². The van der Waals surface area contributed by atoms with Gasteiger partial charge in [0.2, 0.25) is 5.91 Å². The van der Waals surface area contributed by atoms with Crippen LogP contribution in [0.4, 0.5) is 10.1 Å². The van der Waals surface area contributed by atoms with Crippen LogP contribution in [0, 0.1) is 5.82 Å². The van der Waals surface area contributed by atoms with Crippen molar-refractivity contribution >= 4 is 21.6 Å². The number of halogens is 1. The van der Waals surface area contributed by atoms with Crippen molar-refractivity contribution in [2.24, 2.45) is 0 Å². The van der Waals surface area contributed by atoms with E-state index in [2.05, 4.69) is 22.2 Å². The van der Waals surface area contributed by atoms with Crippen LogP contribution in [-0.2, 0) is 26.7 Å². The molecule has 1 aliphatic carbocycles. The molecular weight excluding hydrogens is 415 g/mol. The summed E-state index contributed by atoms with van der Waals surface area (Å²) in [4.78, 5) is 12.4. The van der Waals surface area contributed by atoms with Crippen LogP contribution in [0.5, 0.6) is 0 Å². The Morgan fingerprint density at radius 2 is 1.55 bits per heavy atom. The Kier molecular flexibility index (Phi) is 5.78. The molecule has 3 aromatic carbocycles. The zero-order valence-electron chi connectivity index (χ0n) is 16.8. The first-order valence-electron chi connectivity index (χ1n) is 10.1. The highest BCUT2D eigenvalue weighted by atomic mass is 32.2. The summed E-state index contributed by atoms with van der Waals surface area (Å²) < 4.78 is 40.2. The monoisotopic (exact) mass is 438 g/mol. The molecule has 1 saturated carbocycles. The fraction of sp³-hybridized carbons (Fsp3) is 0.208. The third-order valence-corrected chi connectivity index (χ3v) is 6.96. The van der Waals surface area contributed by atoms with E-state index in [1.54, 1.807) is 24.3 Å². The maximum atomic E-state index is 13.0. The van der Waals surface area contributed by atoms with Gasteiger partial charge >= 0.3 is 0 Å². The molecular formula is C24H23FN2O3S.